The van der Waals surface area contributed by atoms with Crippen LogP contribution in [0.15, 0.2) is 30.3 Å². The maximum atomic E-state index is 13.5. The van der Waals surface area contributed by atoms with Gasteiger partial charge in [0.15, 0.2) is 0 Å². The Hall–Kier alpha value is -2.49. The summed E-state index contributed by atoms with van der Waals surface area (Å²) in [5.41, 5.74) is 15.9. The van der Waals surface area contributed by atoms with Gasteiger partial charge in [-0.2, -0.15) is 0 Å². The number of carboxylic acids is 1. The molecule has 0 aliphatic rings. The predicted molar refractivity (Wildman–Crippen MR) is 138 cm³/mol. The summed E-state index contributed by atoms with van der Waals surface area (Å²) in [5, 5.41) is 15.2. The highest BCUT2D eigenvalue weighted by Gasteiger charge is 2.42. The van der Waals surface area contributed by atoms with Gasteiger partial charge >= 0.3 is 5.97 Å². The fraction of sp³-hybridized carbons (Fsp3) is 0.654. The lowest BCUT2D eigenvalue weighted by Crippen LogP contribution is -2.69. The van der Waals surface area contributed by atoms with Crippen molar-refractivity contribution in [1.29, 1.82) is 0 Å². The SMILES string of the molecule is CC(C)(CC(C)(C)C(N)C(=O)O)C(=O)NC(Cc1ccccc1)C(=O)NC(C(C)(C)N)C(C)(C)N. The Morgan fingerprint density at radius 1 is 0.886 bits per heavy atom. The van der Waals surface area contributed by atoms with E-state index >= 15 is 0 Å². The Morgan fingerprint density at radius 2 is 1.37 bits per heavy atom. The molecule has 0 saturated carbocycles. The van der Waals surface area contributed by atoms with E-state index in [1.165, 1.54) is 0 Å². The zero-order chi connectivity index (χ0) is 27.4. The van der Waals surface area contributed by atoms with Crippen LogP contribution in [0.4, 0.5) is 0 Å². The molecule has 198 valence electrons. The van der Waals surface area contributed by atoms with E-state index in [0.717, 1.165) is 5.56 Å². The molecule has 1 aromatic carbocycles. The zero-order valence-electron chi connectivity index (χ0n) is 22.4. The standard InChI is InChI=1S/C26H45N5O4/c1-23(2,18(27)20(33)34)15-24(3,4)22(35)30-17(14-16-12-10-9-11-13-16)19(32)31-21(25(5,6)28)26(7,8)29/h9-13,17-18,21H,14-15,27-29H2,1-8H3,(H,30,35)(H,31,32)(H,33,34). The van der Waals surface area contributed by atoms with Gasteiger partial charge in [0.25, 0.3) is 0 Å². The molecule has 0 aromatic heterocycles. The predicted octanol–water partition coefficient (Wildman–Crippen LogP) is 1.53. The van der Waals surface area contributed by atoms with Gasteiger partial charge in [-0.3, -0.25) is 14.4 Å². The van der Waals surface area contributed by atoms with E-state index < -0.39 is 51.9 Å². The van der Waals surface area contributed by atoms with Crippen molar-refractivity contribution in [3.8, 4) is 0 Å². The molecule has 0 bridgehead atoms. The minimum Gasteiger partial charge on any atom is -0.480 e. The lowest BCUT2D eigenvalue weighted by Gasteiger charge is -2.41. The Kier molecular flexibility index (Phi) is 9.65. The summed E-state index contributed by atoms with van der Waals surface area (Å²) in [7, 11) is 0. The van der Waals surface area contributed by atoms with Gasteiger partial charge in [-0.05, 0) is 45.1 Å². The molecule has 0 aliphatic carbocycles. The summed E-state index contributed by atoms with van der Waals surface area (Å²) >= 11 is 0. The normalized spacial score (nSPS) is 14.9. The van der Waals surface area contributed by atoms with Crippen LogP contribution in [0.5, 0.6) is 0 Å². The first-order valence-electron chi connectivity index (χ1n) is 11.9. The number of hydrogen-bond acceptors (Lipinski definition) is 6. The molecular formula is C26H45N5O4. The lowest BCUT2D eigenvalue weighted by atomic mass is 9.70. The monoisotopic (exact) mass is 491 g/mol. The number of carbonyl (C=O) groups is 3. The van der Waals surface area contributed by atoms with Gasteiger partial charge in [0.1, 0.15) is 12.1 Å². The van der Waals surface area contributed by atoms with Gasteiger partial charge in [0.2, 0.25) is 11.8 Å². The molecule has 1 rings (SSSR count). The van der Waals surface area contributed by atoms with Crippen molar-refractivity contribution in [3.05, 3.63) is 35.9 Å². The Balaban J connectivity index is 3.22. The lowest BCUT2D eigenvalue weighted by molar-refractivity contribution is -0.143. The number of carboxylic acid groups (broad SMARTS) is 1. The van der Waals surface area contributed by atoms with E-state index in [9.17, 15) is 19.5 Å². The average molecular weight is 492 g/mol. The van der Waals surface area contributed by atoms with Crippen molar-refractivity contribution < 1.29 is 19.5 Å². The zero-order valence-corrected chi connectivity index (χ0v) is 22.4. The van der Waals surface area contributed by atoms with Crippen LogP contribution >= 0.6 is 0 Å². The van der Waals surface area contributed by atoms with Gasteiger partial charge in [0.05, 0.1) is 6.04 Å². The fourth-order valence-corrected chi connectivity index (χ4v) is 4.65. The smallest absolute Gasteiger partial charge is 0.321 e. The molecular weight excluding hydrogens is 446 g/mol. The van der Waals surface area contributed by atoms with Crippen LogP contribution in [-0.4, -0.2) is 52.1 Å². The van der Waals surface area contributed by atoms with Crippen molar-refractivity contribution in [1.82, 2.24) is 10.6 Å². The highest BCUT2D eigenvalue weighted by molar-refractivity contribution is 5.90. The third-order valence-electron chi connectivity index (χ3n) is 6.30. The molecule has 2 unspecified atom stereocenters. The molecule has 9 nitrogen and oxygen atoms in total. The molecule has 1 aromatic rings. The minimum absolute atomic E-state index is 0.202. The number of rotatable bonds is 12. The van der Waals surface area contributed by atoms with Crippen molar-refractivity contribution in [2.75, 3.05) is 0 Å². The topological polar surface area (TPSA) is 174 Å². The van der Waals surface area contributed by atoms with Crippen LogP contribution in [0.2, 0.25) is 0 Å². The van der Waals surface area contributed by atoms with Gasteiger partial charge in [-0.15, -0.1) is 0 Å². The summed E-state index contributed by atoms with van der Waals surface area (Å²) in [6, 6.07) is 6.75. The maximum absolute atomic E-state index is 13.5. The third-order valence-corrected chi connectivity index (χ3v) is 6.30. The second kappa shape index (κ2) is 11.1. The van der Waals surface area contributed by atoms with Gasteiger partial charge in [0, 0.05) is 22.9 Å². The molecule has 0 spiro atoms. The van der Waals surface area contributed by atoms with Crippen molar-refractivity contribution in [2.24, 2.45) is 28.0 Å². The van der Waals surface area contributed by atoms with E-state index in [-0.39, 0.29) is 18.7 Å². The van der Waals surface area contributed by atoms with Crippen LogP contribution in [0.1, 0.15) is 67.4 Å². The Bertz CT molecular complexity index is 871. The van der Waals surface area contributed by atoms with Crippen LogP contribution in [0.25, 0.3) is 0 Å². The van der Waals surface area contributed by atoms with E-state index in [1.807, 2.05) is 30.3 Å². The third kappa shape index (κ3) is 8.91. The van der Waals surface area contributed by atoms with Crippen LogP contribution in [0, 0.1) is 10.8 Å². The molecule has 2 atom stereocenters. The van der Waals surface area contributed by atoms with Crippen molar-refractivity contribution >= 4 is 17.8 Å². The Labute approximate surface area is 209 Å². The van der Waals surface area contributed by atoms with Crippen LogP contribution in [-0.2, 0) is 20.8 Å². The van der Waals surface area contributed by atoms with Crippen molar-refractivity contribution in [2.45, 2.75) is 97.4 Å². The van der Waals surface area contributed by atoms with E-state index in [1.54, 1.807) is 55.4 Å². The molecule has 0 heterocycles. The maximum Gasteiger partial charge on any atom is 0.321 e. The summed E-state index contributed by atoms with van der Waals surface area (Å²) in [5.74, 6) is -1.91. The molecule has 0 fully saturated rings. The number of amides is 2. The quantitative estimate of drug-likeness (QED) is 0.257. The van der Waals surface area contributed by atoms with Crippen LogP contribution in [0.3, 0.4) is 0 Å². The minimum atomic E-state index is -1.14. The molecule has 2 amide bonds. The summed E-state index contributed by atoms with van der Waals surface area (Å²) < 4.78 is 0. The molecule has 9 heteroatoms. The van der Waals surface area contributed by atoms with Gasteiger partial charge < -0.3 is 32.9 Å². The van der Waals surface area contributed by atoms with Crippen LogP contribution < -0.4 is 27.8 Å². The molecule has 35 heavy (non-hydrogen) atoms. The van der Waals surface area contributed by atoms with Gasteiger partial charge in [-0.1, -0.05) is 58.0 Å². The number of aliphatic carboxylic acids is 1. The summed E-state index contributed by atoms with van der Waals surface area (Å²) in [6.07, 6.45) is 0.461. The second-order valence-corrected chi connectivity index (χ2v) is 12.2. The highest BCUT2D eigenvalue weighted by Crippen LogP contribution is 2.36. The second-order valence-electron chi connectivity index (χ2n) is 12.2. The van der Waals surface area contributed by atoms with E-state index in [0.29, 0.717) is 0 Å². The van der Waals surface area contributed by atoms with Crippen molar-refractivity contribution in [3.63, 3.8) is 0 Å². The first kappa shape index (κ1) is 30.5. The van der Waals surface area contributed by atoms with E-state index in [2.05, 4.69) is 10.6 Å². The van der Waals surface area contributed by atoms with E-state index in [4.69, 9.17) is 17.2 Å². The number of benzene rings is 1. The molecule has 0 radical (unpaired) electrons. The molecule has 0 saturated heterocycles. The first-order chi connectivity index (χ1) is 15.7. The summed E-state index contributed by atoms with van der Waals surface area (Å²) in [6.45, 7) is 14.0. The average Bonchev–Trinajstić information content (AvgIpc) is 2.68. The highest BCUT2D eigenvalue weighted by atomic mass is 16.4. The first-order valence-corrected chi connectivity index (χ1v) is 11.9. The molecule has 0 aliphatic heterocycles. The number of nitrogens with one attached hydrogen (secondary N) is 2. The summed E-state index contributed by atoms with van der Waals surface area (Å²) in [4.78, 5) is 38.3. The number of nitrogens with two attached hydrogens (primary N) is 3. The molecule has 9 N–H and O–H groups in total. The Morgan fingerprint density at radius 3 is 1.80 bits per heavy atom. The van der Waals surface area contributed by atoms with Gasteiger partial charge in [-0.25, -0.2) is 0 Å². The fourth-order valence-electron chi connectivity index (χ4n) is 4.65. The largest absolute Gasteiger partial charge is 0.480 e. The number of hydrogen-bond donors (Lipinski definition) is 6. The number of carbonyl (C=O) groups excluding carboxylic acids is 2.